The first-order chi connectivity index (χ1) is 60.5. The summed E-state index contributed by atoms with van der Waals surface area (Å²) >= 11 is 0. The molecule has 4 aliphatic heterocycles. The molecule has 13 rings (SSSR count). The first kappa shape index (κ1) is 90.4. The number of carbonyl (C=O) groups excluding carboxylic acids is 8. The van der Waals surface area contributed by atoms with Gasteiger partial charge in [-0.3, -0.25) is 106 Å². The van der Waals surface area contributed by atoms with Gasteiger partial charge in [-0.25, -0.2) is 86.3 Å². The van der Waals surface area contributed by atoms with E-state index in [9.17, 15) is 160 Å². The van der Waals surface area contributed by atoms with Crippen LogP contribution in [0.3, 0.4) is 0 Å². The molecule has 0 radical (unpaired) electrons. The Labute approximate surface area is 688 Å². The van der Waals surface area contributed by atoms with Crippen LogP contribution in [0.25, 0.3) is 0 Å². The Hall–Kier alpha value is -16.8. The predicted octanol–water partition coefficient (Wildman–Crippen LogP) is -16.0. The van der Waals surface area contributed by atoms with E-state index in [1.54, 1.807) is 34.9 Å². The molecule has 9 aromatic rings. The normalized spacial score (nSPS) is 22.7. The van der Waals surface area contributed by atoms with Gasteiger partial charge in [0, 0.05) is 54.6 Å². The number of rotatable bonds is 23. The highest BCUT2D eigenvalue weighted by atomic mass is 16.7. The second-order valence-electron chi connectivity index (χ2n) is 26.5. The molecule has 9 aromatic heterocycles. The lowest BCUT2D eigenvalue weighted by molar-refractivity contribution is -0.0700. The molecule has 0 amide bonds. The fraction of sp³-hybridized carbons (Fsp3) is 0.308. The number of aromatic nitrogens is 18. The van der Waals surface area contributed by atoms with Gasteiger partial charge in [-0.05, 0) is 0 Å². The number of aromatic amines is 14. The number of nitrogens with zero attached hydrogens (tertiary/aromatic N) is 4. The monoisotopic (exact) mass is 1810 g/mol. The number of H-pyrrole nitrogens is 14. The van der Waals surface area contributed by atoms with Crippen LogP contribution in [0.2, 0.25) is 0 Å². The fourth-order valence-corrected chi connectivity index (χ4v) is 12.8. The maximum Gasteiger partial charge on any atom is 0.363 e. The second kappa shape index (κ2) is 36.7. The number of carboxylic acid groups (broad SMARTS) is 1. The first-order valence-corrected chi connectivity index (χ1v) is 35.3. The van der Waals surface area contributed by atoms with E-state index in [4.69, 9.17) is 47.4 Å². The van der Waals surface area contributed by atoms with Gasteiger partial charge in [-0.1, -0.05) is 0 Å². The van der Waals surface area contributed by atoms with Crippen LogP contribution in [-0.2, 0) is 52.1 Å². The summed E-state index contributed by atoms with van der Waals surface area (Å²) in [5, 5.41) is 73.2. The third-order valence-corrected chi connectivity index (χ3v) is 18.2. The van der Waals surface area contributed by atoms with Gasteiger partial charge in [0.2, 0.25) is 0 Å². The molecular formula is C65H54N18O45. The van der Waals surface area contributed by atoms with Crippen molar-refractivity contribution < 1.29 is 131 Å². The number of nitrogens with one attached hydrogen (secondary N) is 14. The molecule has 63 heteroatoms. The van der Waals surface area contributed by atoms with Crippen LogP contribution in [-0.4, -0.2) is 277 Å². The van der Waals surface area contributed by atoms with Crippen molar-refractivity contribution in [2.45, 2.75) is 98.2 Å². The molecule has 63 nitrogen and oxygen atoms in total. The summed E-state index contributed by atoms with van der Waals surface area (Å²) in [6, 6.07) is 3.64. The molecule has 4 saturated heterocycles. The summed E-state index contributed by atoms with van der Waals surface area (Å²) in [5.74, 6) is -16.3. The van der Waals surface area contributed by atoms with E-state index < -0.39 is 331 Å². The fourth-order valence-electron chi connectivity index (χ4n) is 12.8. The molecule has 21 N–H and O–H groups in total. The van der Waals surface area contributed by atoms with Gasteiger partial charge in [0.15, 0.2) is 49.3 Å². The second-order valence-corrected chi connectivity index (χ2v) is 26.5. The highest BCUT2D eigenvalue weighted by molar-refractivity contribution is 6.00. The number of ether oxygens (including phenoxy) is 11. The van der Waals surface area contributed by atoms with E-state index in [-0.39, 0.29) is 36.5 Å². The van der Waals surface area contributed by atoms with E-state index in [1.165, 1.54) is 0 Å². The lowest BCUT2D eigenvalue weighted by Gasteiger charge is -2.27. The zero-order valence-electron chi connectivity index (χ0n) is 62.7. The third kappa shape index (κ3) is 19.3. The predicted molar refractivity (Wildman–Crippen MR) is 392 cm³/mol. The number of hydrogen-bond acceptors (Lipinski definition) is 44. The largest absolute Gasteiger partial charge is 0.477 e. The topological polar surface area (TPSA) is 945 Å². The summed E-state index contributed by atoms with van der Waals surface area (Å²) in [6.07, 6.45) is -37.7. The molecule has 128 heavy (non-hydrogen) atoms. The van der Waals surface area contributed by atoms with Crippen LogP contribution in [0.4, 0.5) is 0 Å². The van der Waals surface area contributed by atoms with Gasteiger partial charge in [0.25, 0.3) is 50.0 Å². The van der Waals surface area contributed by atoms with Crippen LogP contribution >= 0.6 is 0 Å². The van der Waals surface area contributed by atoms with E-state index in [2.05, 4.69) is 4.74 Å². The van der Waals surface area contributed by atoms with Crippen molar-refractivity contribution in [1.29, 1.82) is 0 Å². The molecule has 0 spiro atoms. The summed E-state index contributed by atoms with van der Waals surface area (Å²) in [7, 11) is 0. The summed E-state index contributed by atoms with van der Waals surface area (Å²) in [5.41, 5.74) is -34.2. The third-order valence-electron chi connectivity index (χ3n) is 18.2. The molecule has 0 bridgehead atoms. The lowest BCUT2D eigenvalue weighted by Crippen LogP contribution is -2.46. The molecule has 674 valence electrons. The minimum atomic E-state index is -2.78. The van der Waals surface area contributed by atoms with E-state index in [0.717, 1.165) is 0 Å². The van der Waals surface area contributed by atoms with Gasteiger partial charge in [0.05, 0.1) is 13.2 Å². The van der Waals surface area contributed by atoms with Gasteiger partial charge in [0.1, 0.15) is 113 Å². The molecular weight excluding hydrogens is 1750 g/mol. The zero-order valence-corrected chi connectivity index (χ0v) is 62.7. The first-order valence-electron chi connectivity index (χ1n) is 35.3. The highest BCUT2D eigenvalue weighted by Crippen LogP contribution is 2.39. The molecule has 13 heterocycles. The summed E-state index contributed by atoms with van der Waals surface area (Å²) in [6.45, 7) is -5.22. The van der Waals surface area contributed by atoms with Crippen molar-refractivity contribution in [2.75, 3.05) is 26.4 Å². The molecule has 16 atom stereocenters. The van der Waals surface area contributed by atoms with Crippen LogP contribution in [0.5, 0.6) is 0 Å². The van der Waals surface area contributed by atoms with Gasteiger partial charge >= 0.3 is 105 Å². The number of aliphatic hydroxyl groups is 6. The van der Waals surface area contributed by atoms with E-state index in [0.29, 0.717) is 36.4 Å². The average Bonchev–Trinajstić information content (AvgIpc) is 1.59. The Kier molecular flexibility index (Phi) is 25.9. The molecule has 4 fully saturated rings. The minimum absolute atomic E-state index is 0.0155. The smallest absolute Gasteiger partial charge is 0.363 e. The van der Waals surface area contributed by atoms with Crippen molar-refractivity contribution in [3.05, 3.63) is 293 Å². The van der Waals surface area contributed by atoms with Crippen molar-refractivity contribution in [1.82, 2.24) is 88.0 Å². The number of carboxylic acids is 1. The maximum absolute atomic E-state index is 15.0. The van der Waals surface area contributed by atoms with Crippen LogP contribution < -0.4 is 101 Å². The quantitative estimate of drug-likeness (QED) is 0.0161. The van der Waals surface area contributed by atoms with Crippen LogP contribution in [0.15, 0.2) is 141 Å². The SMILES string of the molecule is O=C(OC(=O)c1cc(=O)[nH]c(=O)[nH]1)c1cc(=O)[nH]c(=O)[nH]1.O=C(OC[C@H]1O[C@@H](n2c(C(=O)OC[C@H]3O[C@@H](n4c(C(=O)O)cc(=O)[nH]c4=O)[C@H](OC(=O)c4cc(=O)[nH]c(=O)n4[C@@H]4O[C@H](CO)[C@@H](O)[C@H]4O)[C@@H]3OC(=O)c3cc(=O)[nH]c(=O)[nH]3)cc(=O)[nH]c2=O)[C@H](OC(=O)c2cc(=O)[nH]c(=O)[nH]2)[C@@H]1OC(=O)c1cc(=O)[nH]c(=O)n1[C@@H]1O[C@H](CO)[C@@H](O)[C@H]1O)c1cc(=O)[nH]c(=O)[nH]1. The van der Waals surface area contributed by atoms with Gasteiger partial charge < -0.3 is 113 Å². The Bertz CT molecular complexity index is 7020. The van der Waals surface area contributed by atoms with Gasteiger partial charge in [-0.2, -0.15) is 0 Å². The Balaban J connectivity index is 0.000000618. The van der Waals surface area contributed by atoms with Gasteiger partial charge in [-0.15, -0.1) is 0 Å². The number of hydrogen-bond donors (Lipinski definition) is 21. The van der Waals surface area contributed by atoms with E-state index in [1.807, 2.05) is 34.9 Å². The number of carbonyl (C=O) groups is 9. The molecule has 0 aliphatic carbocycles. The van der Waals surface area contributed by atoms with Crippen molar-refractivity contribution >= 4 is 53.7 Å². The molecule has 0 aromatic carbocycles. The number of aromatic carboxylic acids is 1. The highest BCUT2D eigenvalue weighted by Gasteiger charge is 2.56. The molecule has 4 aliphatic rings. The lowest BCUT2D eigenvalue weighted by atomic mass is 10.1. The summed E-state index contributed by atoms with van der Waals surface area (Å²) < 4.78 is 60.7. The van der Waals surface area contributed by atoms with E-state index >= 15 is 4.79 Å². The Morgan fingerprint density at radius 1 is 0.281 bits per heavy atom. The Morgan fingerprint density at radius 2 is 0.531 bits per heavy atom. The van der Waals surface area contributed by atoms with Crippen molar-refractivity contribution in [3.8, 4) is 0 Å². The molecule has 0 unspecified atom stereocenters. The standard InChI is InChI=1S/C55H48N14O38.C10H6N4O7/c70-8-19-30(79)32(81)38(100-19)67-17(6-28(77)63-53(67)95)47(89)105-35-21(10-98-43(85)12-1-23(72)59-49(91)56-12)103-41(36(35)106-45(87)14-3-25(74)61-51(93)58-14)69-16(5-27(76)65-55(69)97)46(88)99-11-22-34(104-44(86)13-2-24(73)60-50(92)57-13)37(40(102-22)66-15(42(83)84)4-26(75)62-52(66)94)107-48(90)18-7-29(78)64-54(96)68(18)39-33(82)31(80)20(9-71)101-39;15-5-1-3(11-9(19)13-5)7(17)21-8(18)4-2-6(16)14-10(20)12-4/h1-7,19-22,30-41,70-71,79-82H,8-11H2,(H,83,84)(H,62,75,94)(H,63,77,95)(H,64,78,96)(H,65,76,97)(H2,56,59,72,91)(H2,57,60,73,92)(H2,58,61,74,93);1-2H,(H2,11,13,15,19)(H2,12,14,16,20)/t19-,20-,21-,22-,30-,31-,32-,33-,34-,35-,36-,37-,38-,39-,40-,41-;/m1./s1. The summed E-state index contributed by atoms with van der Waals surface area (Å²) in [4.78, 5) is 374. The average molecular weight is 1810 g/mol. The number of aliphatic hydroxyl groups excluding tert-OH is 6. The van der Waals surface area contributed by atoms with Crippen LogP contribution in [0.1, 0.15) is 119 Å². The maximum atomic E-state index is 15.0. The van der Waals surface area contributed by atoms with Crippen molar-refractivity contribution in [2.24, 2.45) is 0 Å². The minimum Gasteiger partial charge on any atom is -0.477 e. The van der Waals surface area contributed by atoms with Crippen molar-refractivity contribution in [3.63, 3.8) is 0 Å². The zero-order chi connectivity index (χ0) is 93.2. The Morgan fingerprint density at radius 3 is 0.844 bits per heavy atom. The van der Waals surface area contributed by atoms with Crippen LogP contribution in [0, 0.1) is 0 Å². The number of esters is 8. The molecule has 0 saturated carbocycles.